The van der Waals surface area contributed by atoms with Crippen molar-refractivity contribution in [1.82, 2.24) is 5.32 Å². The number of esters is 1. The molecule has 0 unspecified atom stereocenters. The molecule has 1 aromatic rings. The van der Waals surface area contributed by atoms with Crippen LogP contribution in [-0.4, -0.2) is 42.0 Å². The van der Waals surface area contributed by atoms with Crippen molar-refractivity contribution in [1.29, 1.82) is 0 Å². The van der Waals surface area contributed by atoms with Crippen LogP contribution in [-0.2, 0) is 23.8 Å². The van der Waals surface area contributed by atoms with Crippen LogP contribution < -0.4 is 10.6 Å². The SMILES string of the molecule is CC(C)/C(=C/C(=O)Nc1ccccc1)NCC[C@@H]1C[C@H](CC(=O)OC(C)(C)C)OC(C)(C)O1. The fraction of sp³-hybridized carbons (Fsp3) is 0.615. The molecule has 2 atom stereocenters. The van der Waals surface area contributed by atoms with Crippen LogP contribution in [0.25, 0.3) is 0 Å². The van der Waals surface area contributed by atoms with E-state index < -0.39 is 11.4 Å². The maximum atomic E-state index is 12.4. The maximum Gasteiger partial charge on any atom is 0.308 e. The normalized spacial score (nSPS) is 20.9. The van der Waals surface area contributed by atoms with Crippen molar-refractivity contribution in [3.8, 4) is 0 Å². The van der Waals surface area contributed by atoms with Crippen molar-refractivity contribution in [3.05, 3.63) is 42.1 Å². The average Bonchev–Trinajstić information content (AvgIpc) is 2.65. The zero-order valence-electron chi connectivity index (χ0n) is 21.1. The Balaban J connectivity index is 1.90. The summed E-state index contributed by atoms with van der Waals surface area (Å²) in [7, 11) is 0. The fourth-order valence-electron chi connectivity index (χ4n) is 3.73. The second kappa shape index (κ2) is 11.7. The molecule has 0 spiro atoms. The third-order valence-corrected chi connectivity index (χ3v) is 4.99. The minimum Gasteiger partial charge on any atom is -0.460 e. The van der Waals surface area contributed by atoms with Crippen molar-refractivity contribution >= 4 is 17.6 Å². The third kappa shape index (κ3) is 10.4. The molecule has 0 radical (unpaired) electrons. The lowest BCUT2D eigenvalue weighted by Gasteiger charge is -2.41. The van der Waals surface area contributed by atoms with E-state index in [0.29, 0.717) is 13.0 Å². The number of hydrogen-bond acceptors (Lipinski definition) is 6. The first-order valence-electron chi connectivity index (χ1n) is 11.7. The summed E-state index contributed by atoms with van der Waals surface area (Å²) in [5.74, 6) is -1.05. The van der Waals surface area contributed by atoms with E-state index in [1.54, 1.807) is 6.08 Å². The Morgan fingerprint density at radius 2 is 1.79 bits per heavy atom. The van der Waals surface area contributed by atoms with Gasteiger partial charge in [0.05, 0.1) is 18.6 Å². The van der Waals surface area contributed by atoms with Gasteiger partial charge in [0.2, 0.25) is 5.91 Å². The quantitative estimate of drug-likeness (QED) is 0.407. The highest BCUT2D eigenvalue weighted by Crippen LogP contribution is 2.30. The fourth-order valence-corrected chi connectivity index (χ4v) is 3.73. The minimum absolute atomic E-state index is 0.0692. The first-order valence-corrected chi connectivity index (χ1v) is 11.7. The molecule has 7 nitrogen and oxygen atoms in total. The van der Waals surface area contributed by atoms with Crippen LogP contribution in [0.4, 0.5) is 5.69 Å². The topological polar surface area (TPSA) is 85.9 Å². The summed E-state index contributed by atoms with van der Waals surface area (Å²) in [4.78, 5) is 24.7. The lowest BCUT2D eigenvalue weighted by Crippen LogP contribution is -2.46. The van der Waals surface area contributed by atoms with E-state index in [1.807, 2.05) is 78.8 Å². The zero-order valence-corrected chi connectivity index (χ0v) is 21.1. The third-order valence-electron chi connectivity index (χ3n) is 4.99. The lowest BCUT2D eigenvalue weighted by molar-refractivity contribution is -0.300. The van der Waals surface area contributed by atoms with Crippen LogP contribution in [0.15, 0.2) is 42.1 Å². The molecule has 1 fully saturated rings. The Kier molecular flexibility index (Phi) is 9.49. The van der Waals surface area contributed by atoms with Gasteiger partial charge in [-0.3, -0.25) is 9.59 Å². The van der Waals surface area contributed by atoms with Gasteiger partial charge in [0.25, 0.3) is 0 Å². The summed E-state index contributed by atoms with van der Waals surface area (Å²) in [6.07, 6.45) is 2.81. The number of carbonyl (C=O) groups is 2. The number of ether oxygens (including phenoxy) is 3. The second-order valence-electron chi connectivity index (χ2n) is 10.2. The van der Waals surface area contributed by atoms with Gasteiger partial charge in [-0.1, -0.05) is 32.0 Å². The molecule has 0 saturated carbocycles. The second-order valence-corrected chi connectivity index (χ2v) is 10.2. The Labute approximate surface area is 198 Å². The summed E-state index contributed by atoms with van der Waals surface area (Å²) in [6.45, 7) is 14.0. The van der Waals surface area contributed by atoms with Crippen LogP contribution in [0.2, 0.25) is 0 Å². The van der Waals surface area contributed by atoms with E-state index in [2.05, 4.69) is 10.6 Å². The van der Waals surface area contributed by atoms with Crippen LogP contribution in [0.3, 0.4) is 0 Å². The monoisotopic (exact) mass is 460 g/mol. The van der Waals surface area contributed by atoms with Crippen LogP contribution >= 0.6 is 0 Å². The molecule has 1 aromatic carbocycles. The van der Waals surface area contributed by atoms with E-state index in [9.17, 15) is 9.59 Å². The Morgan fingerprint density at radius 1 is 1.15 bits per heavy atom. The molecule has 0 aromatic heterocycles. The highest BCUT2D eigenvalue weighted by Gasteiger charge is 2.36. The average molecular weight is 461 g/mol. The molecule has 7 heteroatoms. The molecule has 1 amide bonds. The molecule has 1 heterocycles. The number of hydrogen-bond donors (Lipinski definition) is 2. The van der Waals surface area contributed by atoms with Gasteiger partial charge in [-0.2, -0.15) is 0 Å². The van der Waals surface area contributed by atoms with Crippen molar-refractivity contribution in [2.24, 2.45) is 5.92 Å². The number of benzene rings is 1. The molecule has 0 aliphatic carbocycles. The number of para-hydroxylation sites is 1. The summed E-state index contributed by atoms with van der Waals surface area (Å²) in [6, 6.07) is 9.38. The van der Waals surface area contributed by atoms with Gasteiger partial charge in [-0.15, -0.1) is 0 Å². The molecule has 1 saturated heterocycles. The first kappa shape index (κ1) is 26.9. The highest BCUT2D eigenvalue weighted by molar-refractivity contribution is 5.99. The van der Waals surface area contributed by atoms with Gasteiger partial charge in [-0.05, 0) is 59.1 Å². The predicted octanol–water partition coefficient (Wildman–Crippen LogP) is 4.79. The molecule has 33 heavy (non-hydrogen) atoms. The standard InChI is InChI=1S/C26H40N2O5/c1-18(2)22(17-23(29)28-19-11-9-8-10-12-19)27-14-13-20-15-21(32-26(6,7)31-20)16-24(30)33-25(3,4)5/h8-12,17-18,20-21,27H,13-16H2,1-7H3,(H,28,29)/b22-17-/t20-,21-/m1/s1. The molecule has 184 valence electrons. The smallest absolute Gasteiger partial charge is 0.308 e. The van der Waals surface area contributed by atoms with Crippen molar-refractivity contribution < 1.29 is 23.8 Å². The van der Waals surface area contributed by atoms with Crippen LogP contribution in [0.1, 0.15) is 67.7 Å². The molecule has 0 bridgehead atoms. The number of anilines is 1. The Hall–Kier alpha value is -2.38. The van der Waals surface area contributed by atoms with E-state index in [1.165, 1.54) is 0 Å². The van der Waals surface area contributed by atoms with E-state index in [4.69, 9.17) is 14.2 Å². The summed E-state index contributed by atoms with van der Waals surface area (Å²) < 4.78 is 17.5. The van der Waals surface area contributed by atoms with Crippen LogP contribution in [0, 0.1) is 5.92 Å². The van der Waals surface area contributed by atoms with Crippen molar-refractivity contribution in [2.75, 3.05) is 11.9 Å². The predicted molar refractivity (Wildman–Crippen MR) is 130 cm³/mol. The first-order chi connectivity index (χ1) is 15.3. The molecular formula is C26H40N2O5. The largest absolute Gasteiger partial charge is 0.460 e. The Bertz CT molecular complexity index is 812. The summed E-state index contributed by atoms with van der Waals surface area (Å²) in [5.41, 5.74) is 1.10. The maximum absolute atomic E-state index is 12.4. The van der Waals surface area contributed by atoms with Crippen molar-refractivity contribution in [3.63, 3.8) is 0 Å². The van der Waals surface area contributed by atoms with Gasteiger partial charge in [0, 0.05) is 30.4 Å². The highest BCUT2D eigenvalue weighted by atomic mass is 16.7. The number of allylic oxidation sites excluding steroid dienone is 1. The molecular weight excluding hydrogens is 420 g/mol. The zero-order chi connectivity index (χ0) is 24.6. The molecule has 2 rings (SSSR count). The summed E-state index contributed by atoms with van der Waals surface area (Å²) in [5, 5.41) is 6.26. The molecule has 1 aliphatic heterocycles. The lowest BCUT2D eigenvalue weighted by atomic mass is 10.0. The minimum atomic E-state index is -0.776. The number of amides is 1. The van der Waals surface area contributed by atoms with Gasteiger partial charge in [0.15, 0.2) is 5.79 Å². The van der Waals surface area contributed by atoms with Gasteiger partial charge in [-0.25, -0.2) is 0 Å². The number of nitrogens with one attached hydrogen (secondary N) is 2. The van der Waals surface area contributed by atoms with Crippen molar-refractivity contribution in [2.45, 2.75) is 91.3 Å². The van der Waals surface area contributed by atoms with E-state index in [0.717, 1.165) is 17.8 Å². The van der Waals surface area contributed by atoms with Gasteiger partial charge < -0.3 is 24.8 Å². The van der Waals surface area contributed by atoms with E-state index in [-0.39, 0.29) is 36.4 Å². The van der Waals surface area contributed by atoms with Crippen LogP contribution in [0.5, 0.6) is 0 Å². The summed E-state index contributed by atoms with van der Waals surface area (Å²) >= 11 is 0. The Morgan fingerprint density at radius 3 is 2.39 bits per heavy atom. The number of rotatable bonds is 9. The van der Waals surface area contributed by atoms with Gasteiger partial charge in [0.1, 0.15) is 5.60 Å². The number of carbonyl (C=O) groups excluding carboxylic acids is 2. The molecule has 2 N–H and O–H groups in total. The molecule has 1 aliphatic rings. The van der Waals surface area contributed by atoms with E-state index >= 15 is 0 Å². The van der Waals surface area contributed by atoms with Gasteiger partial charge >= 0.3 is 5.97 Å².